The lowest BCUT2D eigenvalue weighted by Gasteiger charge is -2.48. The number of nitrogens with one attached hydrogen (secondary N) is 3. The van der Waals surface area contributed by atoms with E-state index in [2.05, 4.69) is 16.0 Å². The van der Waals surface area contributed by atoms with Gasteiger partial charge in [-0.05, 0) is 47.9 Å². The van der Waals surface area contributed by atoms with Crippen molar-refractivity contribution in [1.82, 2.24) is 16.0 Å². The van der Waals surface area contributed by atoms with Gasteiger partial charge in [-0.1, -0.05) is 65.9 Å². The van der Waals surface area contributed by atoms with Crippen LogP contribution in [0.1, 0.15) is 55.6 Å². The van der Waals surface area contributed by atoms with Crippen LogP contribution in [0.5, 0.6) is 0 Å². The summed E-state index contributed by atoms with van der Waals surface area (Å²) < 4.78 is 33.8. The van der Waals surface area contributed by atoms with E-state index in [0.717, 1.165) is 63.3 Å². The Morgan fingerprint density at radius 2 is 1.49 bits per heavy atom. The molecule has 61 heavy (non-hydrogen) atoms. The van der Waals surface area contributed by atoms with Crippen molar-refractivity contribution in [2.24, 2.45) is 0 Å². The fraction of sp³-hybridized carbons (Fsp3) is 0.395. The Kier molecular flexibility index (Phi) is 17.0. The van der Waals surface area contributed by atoms with Gasteiger partial charge < -0.3 is 44.4 Å². The maximum atomic E-state index is 13.9. The van der Waals surface area contributed by atoms with Gasteiger partial charge in [-0.25, -0.2) is 4.79 Å². The lowest BCUT2D eigenvalue weighted by atomic mass is 9.89. The largest absolute Gasteiger partial charge is 0.466 e. The van der Waals surface area contributed by atoms with E-state index in [1.807, 2.05) is 13.0 Å². The number of hydrogen-bond acceptors (Lipinski definition) is 15. The number of ether oxygens (including phenoxy) is 6. The fourth-order valence-corrected chi connectivity index (χ4v) is 7.78. The normalized spacial score (nSPS) is 19.2. The molecule has 3 aromatic carbocycles. The first kappa shape index (κ1) is 47.4. The maximum absolute atomic E-state index is 13.9. The van der Waals surface area contributed by atoms with Gasteiger partial charge in [0, 0.05) is 51.6 Å². The number of hydrogen-bond donors (Lipinski definition) is 3. The second kappa shape index (κ2) is 21.8. The first-order chi connectivity index (χ1) is 28.9. The van der Waals surface area contributed by atoms with E-state index in [-0.39, 0.29) is 12.3 Å². The predicted molar refractivity (Wildman–Crippen MR) is 218 cm³/mol. The summed E-state index contributed by atoms with van der Waals surface area (Å²) in [4.78, 5) is 101. The lowest BCUT2D eigenvalue weighted by Crippen LogP contribution is -2.68. The third kappa shape index (κ3) is 13.6. The van der Waals surface area contributed by atoms with Crippen LogP contribution >= 0.6 is 11.8 Å². The van der Waals surface area contributed by atoms with Gasteiger partial charge in [-0.15, -0.1) is 0 Å². The molecule has 326 valence electrons. The van der Waals surface area contributed by atoms with Crippen molar-refractivity contribution < 1.29 is 66.8 Å². The molecule has 0 bridgehead atoms. The molecule has 3 aromatic rings. The molecule has 1 fully saturated rings. The predicted octanol–water partition coefficient (Wildman–Crippen LogP) is 2.97. The third-order valence-electron chi connectivity index (χ3n) is 9.22. The number of carbonyl (C=O) groups excluding carboxylic acids is 8. The minimum atomic E-state index is -2.04. The smallest absolute Gasteiger partial charge is 0.349 e. The van der Waals surface area contributed by atoms with Crippen molar-refractivity contribution in [3.8, 4) is 11.1 Å². The van der Waals surface area contributed by atoms with Crippen molar-refractivity contribution in [2.75, 3.05) is 27.3 Å². The van der Waals surface area contributed by atoms with Crippen LogP contribution in [0.4, 0.5) is 0 Å². The van der Waals surface area contributed by atoms with Crippen LogP contribution in [0.25, 0.3) is 11.1 Å². The van der Waals surface area contributed by atoms with Gasteiger partial charge >= 0.3 is 29.8 Å². The highest BCUT2D eigenvalue weighted by molar-refractivity contribution is 8.01. The molecule has 1 heterocycles. The van der Waals surface area contributed by atoms with Gasteiger partial charge in [0.2, 0.25) is 10.8 Å². The van der Waals surface area contributed by atoms with Crippen LogP contribution in [-0.2, 0) is 68.4 Å². The first-order valence-corrected chi connectivity index (χ1v) is 19.9. The molecule has 0 spiro atoms. The van der Waals surface area contributed by atoms with Crippen molar-refractivity contribution in [3.63, 3.8) is 0 Å². The number of aryl methyl sites for hydroxylation is 1. The average Bonchev–Trinajstić information content (AvgIpc) is 3.21. The monoisotopic (exact) mass is 863 g/mol. The number of thioether (sulfide) groups is 1. The summed E-state index contributed by atoms with van der Waals surface area (Å²) in [6, 6.07) is 19.7. The summed E-state index contributed by atoms with van der Waals surface area (Å²) in [7, 11) is 2.66. The highest BCUT2D eigenvalue weighted by Crippen LogP contribution is 2.46. The van der Waals surface area contributed by atoms with Crippen LogP contribution in [0.3, 0.4) is 0 Å². The van der Waals surface area contributed by atoms with Crippen molar-refractivity contribution in [1.29, 1.82) is 0 Å². The van der Waals surface area contributed by atoms with E-state index in [0.29, 0.717) is 16.0 Å². The molecule has 1 aliphatic heterocycles. The number of carbonyl (C=O) groups is 8. The highest BCUT2D eigenvalue weighted by Gasteiger charge is 2.59. The SMILES string of the molecule is CNC(=O)c1cccc(-c2ccc(CC(=O)NC[C@@H](OC(C)=O)[C@@H](OC(C)=O)[C@@H]3O[C@@](Sc4ccc(C)cc4)(C(=O)OC)C[C@H](OC(C)=O)[C@H]3NC(=O)COC(C)=O)cc2)c1. The number of esters is 5. The highest BCUT2D eigenvalue weighted by atomic mass is 32.2. The summed E-state index contributed by atoms with van der Waals surface area (Å²) in [5.41, 5.74) is 3.58. The Bertz CT molecular complexity index is 2090. The number of methoxy groups -OCH3 is 1. The Balaban J connectivity index is 1.71. The lowest BCUT2D eigenvalue weighted by molar-refractivity contribution is -0.221. The van der Waals surface area contributed by atoms with Gasteiger partial charge in [-0.3, -0.25) is 33.6 Å². The van der Waals surface area contributed by atoms with Crippen molar-refractivity contribution in [2.45, 2.75) is 87.7 Å². The average molecular weight is 864 g/mol. The topological polar surface area (TPSA) is 228 Å². The van der Waals surface area contributed by atoms with Crippen LogP contribution < -0.4 is 16.0 Å². The van der Waals surface area contributed by atoms with E-state index in [9.17, 15) is 38.4 Å². The quantitative estimate of drug-likeness (QED) is 0.131. The Hall–Kier alpha value is -6.27. The van der Waals surface area contributed by atoms with Gasteiger partial charge in [0.1, 0.15) is 12.2 Å². The summed E-state index contributed by atoms with van der Waals surface area (Å²) >= 11 is 0.901. The zero-order valence-electron chi connectivity index (χ0n) is 34.8. The second-order valence-corrected chi connectivity index (χ2v) is 15.4. The molecule has 0 aromatic heterocycles. The zero-order chi connectivity index (χ0) is 44.9. The molecular weight excluding hydrogens is 815 g/mol. The number of amides is 3. The molecule has 0 aliphatic carbocycles. The molecule has 1 saturated heterocycles. The van der Waals surface area contributed by atoms with Crippen LogP contribution in [-0.4, -0.2) is 110 Å². The Labute approximate surface area is 356 Å². The third-order valence-corrected chi connectivity index (χ3v) is 10.5. The van der Waals surface area contributed by atoms with Crippen LogP contribution in [0, 0.1) is 6.92 Å². The number of rotatable bonds is 17. The van der Waals surface area contributed by atoms with Gasteiger partial charge in [0.05, 0.1) is 26.1 Å². The summed E-state index contributed by atoms with van der Waals surface area (Å²) in [6.07, 6.45) is -6.84. The molecule has 3 N–H and O–H groups in total. The zero-order valence-corrected chi connectivity index (χ0v) is 35.6. The molecule has 4 rings (SSSR count). The Morgan fingerprint density at radius 3 is 2.08 bits per heavy atom. The van der Waals surface area contributed by atoms with Crippen LogP contribution in [0.2, 0.25) is 0 Å². The van der Waals surface area contributed by atoms with Crippen molar-refractivity contribution in [3.05, 3.63) is 89.5 Å². The van der Waals surface area contributed by atoms with E-state index in [1.54, 1.807) is 73.8 Å². The minimum Gasteiger partial charge on any atom is -0.466 e. The molecule has 6 atom stereocenters. The maximum Gasteiger partial charge on any atom is 0.349 e. The van der Waals surface area contributed by atoms with E-state index in [4.69, 9.17) is 28.4 Å². The fourth-order valence-electron chi connectivity index (χ4n) is 6.55. The molecule has 0 radical (unpaired) electrons. The van der Waals surface area contributed by atoms with Gasteiger partial charge in [-0.2, -0.15) is 0 Å². The van der Waals surface area contributed by atoms with E-state index in [1.165, 1.54) is 0 Å². The number of benzene rings is 3. The Morgan fingerprint density at radius 1 is 0.820 bits per heavy atom. The summed E-state index contributed by atoms with van der Waals surface area (Å²) in [5, 5.41) is 7.90. The van der Waals surface area contributed by atoms with Gasteiger partial charge in [0.25, 0.3) is 11.8 Å². The first-order valence-electron chi connectivity index (χ1n) is 19.1. The summed E-state index contributed by atoms with van der Waals surface area (Å²) in [5.74, 6) is -5.94. The molecule has 3 amide bonds. The summed E-state index contributed by atoms with van der Waals surface area (Å²) in [6.45, 7) is 4.97. The molecule has 1 aliphatic rings. The van der Waals surface area contributed by atoms with Crippen molar-refractivity contribution >= 4 is 59.3 Å². The van der Waals surface area contributed by atoms with E-state index >= 15 is 0 Å². The van der Waals surface area contributed by atoms with Gasteiger partial charge in [0.15, 0.2) is 18.8 Å². The molecule has 0 saturated carbocycles. The molecule has 18 heteroatoms. The minimum absolute atomic E-state index is 0.133. The molecular formula is C43H49N3O14S. The standard InChI is InChI=1S/C43H49N3O14S/c1-24-11-17-33(18-12-24)61-43(42(54)55-7)21-34(57-26(3)48)38(46-37(52)23-56-25(2)47)40(60-43)39(59-28(5)50)35(58-27(4)49)22-45-36(51)19-29-13-15-30(16-14-29)31-9-8-10-32(20-31)41(53)44-6/h8-18,20,34-35,38-40H,19,21-23H2,1-7H3,(H,44,53)(H,45,51)(H,46,52)/t34-,35+,38+,39+,40+,43-/m0/s1. The molecule has 0 unspecified atom stereocenters. The van der Waals surface area contributed by atoms with E-state index < -0.39 is 96.6 Å². The van der Waals surface area contributed by atoms with Crippen LogP contribution in [0.15, 0.2) is 77.7 Å². The second-order valence-electron chi connectivity index (χ2n) is 14.0. The molecule has 17 nitrogen and oxygen atoms in total.